The summed E-state index contributed by atoms with van der Waals surface area (Å²) in [6, 6.07) is 3.51. The van der Waals surface area contributed by atoms with Gasteiger partial charge in [0, 0.05) is 32.1 Å². The fourth-order valence-corrected chi connectivity index (χ4v) is 2.10. The highest BCUT2D eigenvalue weighted by Gasteiger charge is 2.21. The number of methoxy groups -OCH3 is 1. The third-order valence-electron chi connectivity index (χ3n) is 3.01. The predicted octanol–water partition coefficient (Wildman–Crippen LogP) is 2.21. The third kappa shape index (κ3) is 3.42. The second-order valence-electron chi connectivity index (χ2n) is 4.48. The van der Waals surface area contributed by atoms with Gasteiger partial charge in [-0.3, -0.25) is 0 Å². The molecule has 5 heteroatoms. The maximum atomic E-state index is 11.8. The van der Waals surface area contributed by atoms with Crippen LogP contribution in [0, 0.1) is 0 Å². The number of carbonyl (C=O) groups is 1. The van der Waals surface area contributed by atoms with Gasteiger partial charge in [0.25, 0.3) is 0 Å². The zero-order valence-electron chi connectivity index (χ0n) is 11.9. The van der Waals surface area contributed by atoms with Crippen LogP contribution in [0.4, 0.5) is 0 Å². The molecule has 0 unspecified atom stereocenters. The molecule has 0 amide bonds. The number of hydrogen-bond acceptors (Lipinski definition) is 5. The number of esters is 1. The molecule has 1 aromatic carbocycles. The molecule has 0 saturated carbocycles. The molecule has 0 bridgehead atoms. The summed E-state index contributed by atoms with van der Waals surface area (Å²) in [5.74, 6) is 1.03. The van der Waals surface area contributed by atoms with Crippen molar-refractivity contribution in [2.45, 2.75) is 19.8 Å². The maximum absolute atomic E-state index is 11.8. The molecular formula is C15H20O5. The van der Waals surface area contributed by atoms with E-state index in [2.05, 4.69) is 0 Å². The van der Waals surface area contributed by atoms with E-state index in [1.807, 2.05) is 6.07 Å². The van der Waals surface area contributed by atoms with Gasteiger partial charge >= 0.3 is 5.97 Å². The minimum absolute atomic E-state index is 0.330. The molecule has 2 rings (SSSR count). The summed E-state index contributed by atoms with van der Waals surface area (Å²) in [5, 5.41) is 0. The highest BCUT2D eigenvalue weighted by molar-refractivity contribution is 5.90. The van der Waals surface area contributed by atoms with Gasteiger partial charge < -0.3 is 18.9 Å². The summed E-state index contributed by atoms with van der Waals surface area (Å²) in [5.41, 5.74) is 1.51. The molecule has 0 N–H and O–H groups in total. The average Bonchev–Trinajstić information content (AvgIpc) is 2.92. The van der Waals surface area contributed by atoms with Crippen molar-refractivity contribution in [2.24, 2.45) is 0 Å². The van der Waals surface area contributed by atoms with Crippen LogP contribution < -0.4 is 9.47 Å². The molecule has 0 aliphatic carbocycles. The Morgan fingerprint density at radius 3 is 2.95 bits per heavy atom. The van der Waals surface area contributed by atoms with Gasteiger partial charge in [-0.25, -0.2) is 4.79 Å². The summed E-state index contributed by atoms with van der Waals surface area (Å²) in [4.78, 5) is 11.8. The van der Waals surface area contributed by atoms with Gasteiger partial charge in [-0.05, 0) is 19.1 Å². The Morgan fingerprint density at radius 2 is 2.20 bits per heavy atom. The summed E-state index contributed by atoms with van der Waals surface area (Å²) in [6.07, 6.45) is 1.58. The largest absolute Gasteiger partial charge is 0.490 e. The molecule has 0 aromatic heterocycles. The highest BCUT2D eigenvalue weighted by atomic mass is 16.5. The average molecular weight is 280 g/mol. The Kier molecular flexibility index (Phi) is 5.24. The molecule has 1 aliphatic heterocycles. The lowest BCUT2D eigenvalue weighted by Gasteiger charge is -2.12. The fourth-order valence-electron chi connectivity index (χ4n) is 2.10. The zero-order chi connectivity index (χ0) is 14.4. The van der Waals surface area contributed by atoms with E-state index in [-0.39, 0.29) is 5.97 Å². The first-order chi connectivity index (χ1) is 9.76. The second kappa shape index (κ2) is 7.14. The van der Waals surface area contributed by atoms with Crippen molar-refractivity contribution in [1.82, 2.24) is 0 Å². The van der Waals surface area contributed by atoms with Crippen LogP contribution >= 0.6 is 0 Å². The monoisotopic (exact) mass is 280 g/mol. The molecular weight excluding hydrogens is 260 g/mol. The first-order valence-corrected chi connectivity index (χ1v) is 6.84. The van der Waals surface area contributed by atoms with Crippen LogP contribution in [0.15, 0.2) is 12.1 Å². The lowest BCUT2D eigenvalue weighted by Crippen LogP contribution is -2.07. The molecule has 0 radical (unpaired) electrons. The molecule has 20 heavy (non-hydrogen) atoms. The lowest BCUT2D eigenvalue weighted by molar-refractivity contribution is 0.0525. The number of ether oxygens (including phenoxy) is 4. The molecule has 0 fully saturated rings. The van der Waals surface area contributed by atoms with Gasteiger partial charge in [-0.15, -0.1) is 0 Å². The highest BCUT2D eigenvalue weighted by Crippen LogP contribution is 2.37. The van der Waals surface area contributed by atoms with E-state index >= 15 is 0 Å². The molecule has 1 aromatic rings. The standard InChI is InChI=1S/C15H20O5/c1-3-18-15(16)12-9-11-5-8-20-14(11)13(10-12)19-7-4-6-17-2/h9-10H,3-8H2,1-2H3. The summed E-state index contributed by atoms with van der Waals surface area (Å²) in [7, 11) is 1.65. The maximum Gasteiger partial charge on any atom is 0.338 e. The quantitative estimate of drug-likeness (QED) is 0.566. The van der Waals surface area contributed by atoms with E-state index in [4.69, 9.17) is 18.9 Å². The summed E-state index contributed by atoms with van der Waals surface area (Å²) < 4.78 is 21.3. The molecule has 0 atom stereocenters. The summed E-state index contributed by atoms with van der Waals surface area (Å²) >= 11 is 0. The van der Waals surface area contributed by atoms with Crippen molar-refractivity contribution in [1.29, 1.82) is 0 Å². The molecule has 5 nitrogen and oxygen atoms in total. The van der Waals surface area contributed by atoms with Crippen molar-refractivity contribution < 1.29 is 23.7 Å². The summed E-state index contributed by atoms with van der Waals surface area (Å²) in [6.45, 7) is 3.93. The third-order valence-corrected chi connectivity index (χ3v) is 3.01. The fraction of sp³-hybridized carbons (Fsp3) is 0.533. The van der Waals surface area contributed by atoms with Gasteiger partial charge in [0.2, 0.25) is 0 Å². The van der Waals surface area contributed by atoms with E-state index in [9.17, 15) is 4.79 Å². The van der Waals surface area contributed by atoms with Gasteiger partial charge in [-0.1, -0.05) is 0 Å². The second-order valence-corrected chi connectivity index (χ2v) is 4.48. The van der Waals surface area contributed by atoms with E-state index in [0.717, 1.165) is 24.2 Å². The van der Waals surface area contributed by atoms with Crippen molar-refractivity contribution >= 4 is 5.97 Å². The molecule has 1 heterocycles. The number of carbonyl (C=O) groups excluding carboxylic acids is 1. The molecule has 0 spiro atoms. The Hall–Kier alpha value is -1.75. The smallest absolute Gasteiger partial charge is 0.338 e. The van der Waals surface area contributed by atoms with Crippen molar-refractivity contribution in [3.63, 3.8) is 0 Å². The Morgan fingerprint density at radius 1 is 1.35 bits per heavy atom. The topological polar surface area (TPSA) is 54.0 Å². The van der Waals surface area contributed by atoms with E-state index in [1.165, 1.54) is 0 Å². The Bertz CT molecular complexity index is 470. The zero-order valence-corrected chi connectivity index (χ0v) is 11.9. The van der Waals surface area contributed by atoms with Crippen LogP contribution in [-0.4, -0.2) is 39.5 Å². The van der Waals surface area contributed by atoms with E-state index < -0.39 is 0 Å². The normalized spacial score (nSPS) is 12.7. The Balaban J connectivity index is 2.14. The minimum atomic E-state index is -0.330. The van der Waals surface area contributed by atoms with Crippen LogP contribution in [0.5, 0.6) is 11.5 Å². The SMILES string of the molecule is CCOC(=O)c1cc2c(c(OCCCOC)c1)OCC2. The lowest BCUT2D eigenvalue weighted by atomic mass is 10.1. The molecule has 1 aliphatic rings. The Labute approximate surface area is 118 Å². The first kappa shape index (κ1) is 14.7. The van der Waals surface area contributed by atoms with Gasteiger partial charge in [-0.2, -0.15) is 0 Å². The molecule has 110 valence electrons. The number of rotatable bonds is 7. The van der Waals surface area contributed by atoms with Crippen molar-refractivity contribution in [2.75, 3.05) is 33.5 Å². The van der Waals surface area contributed by atoms with Crippen LogP contribution in [0.1, 0.15) is 29.3 Å². The van der Waals surface area contributed by atoms with Crippen molar-refractivity contribution in [3.05, 3.63) is 23.3 Å². The van der Waals surface area contributed by atoms with Crippen LogP contribution in [0.3, 0.4) is 0 Å². The van der Waals surface area contributed by atoms with Crippen LogP contribution in [0.25, 0.3) is 0 Å². The van der Waals surface area contributed by atoms with Gasteiger partial charge in [0.15, 0.2) is 11.5 Å². The number of hydrogen-bond donors (Lipinski definition) is 0. The van der Waals surface area contributed by atoms with Crippen LogP contribution in [0.2, 0.25) is 0 Å². The number of fused-ring (bicyclic) bond motifs is 1. The number of benzene rings is 1. The first-order valence-electron chi connectivity index (χ1n) is 6.84. The predicted molar refractivity (Wildman–Crippen MR) is 73.6 cm³/mol. The van der Waals surface area contributed by atoms with Crippen LogP contribution in [-0.2, 0) is 15.9 Å². The van der Waals surface area contributed by atoms with Gasteiger partial charge in [0.05, 0.1) is 25.4 Å². The van der Waals surface area contributed by atoms with Crippen molar-refractivity contribution in [3.8, 4) is 11.5 Å². The van der Waals surface area contributed by atoms with E-state index in [1.54, 1.807) is 20.1 Å². The molecule has 0 saturated heterocycles. The minimum Gasteiger partial charge on any atom is -0.490 e. The van der Waals surface area contributed by atoms with Gasteiger partial charge in [0.1, 0.15) is 0 Å². The van der Waals surface area contributed by atoms with E-state index in [0.29, 0.717) is 37.7 Å².